The number of nitrogens with zero attached hydrogens (tertiary/aromatic N) is 3. The van der Waals surface area contributed by atoms with Gasteiger partial charge in [0.1, 0.15) is 5.69 Å². The quantitative estimate of drug-likeness (QED) is 0.721. The molecule has 6 nitrogen and oxygen atoms in total. The lowest BCUT2D eigenvalue weighted by molar-refractivity contribution is 0.0946. The van der Waals surface area contributed by atoms with Gasteiger partial charge >= 0.3 is 0 Å². The summed E-state index contributed by atoms with van der Waals surface area (Å²) in [5.41, 5.74) is 2.34. The Kier molecular flexibility index (Phi) is 5.42. The smallest absolute Gasteiger partial charge is 0.270 e. The van der Waals surface area contributed by atoms with Crippen molar-refractivity contribution in [3.05, 3.63) is 82.6 Å². The molecule has 3 aromatic rings. The maximum Gasteiger partial charge on any atom is 0.270 e. The molecule has 1 heterocycles. The second kappa shape index (κ2) is 8.10. The van der Waals surface area contributed by atoms with Gasteiger partial charge in [-0.25, -0.2) is 9.97 Å². The van der Waals surface area contributed by atoms with Crippen LogP contribution in [0.3, 0.4) is 0 Å². The Hall–Kier alpha value is -3.43. The first-order valence-electron chi connectivity index (χ1n) is 7.77. The number of aromatic nitrogens is 2. The minimum Gasteiger partial charge on any atom is -0.347 e. The summed E-state index contributed by atoms with van der Waals surface area (Å²) >= 11 is 6.08. The van der Waals surface area contributed by atoms with Gasteiger partial charge < -0.3 is 10.6 Å². The number of hydrogen-bond donors (Lipinski definition) is 2. The van der Waals surface area contributed by atoms with Crippen molar-refractivity contribution in [2.24, 2.45) is 0 Å². The summed E-state index contributed by atoms with van der Waals surface area (Å²) in [6.45, 7) is 0.306. The Bertz CT molecular complexity index is 966. The Labute approximate surface area is 155 Å². The van der Waals surface area contributed by atoms with Gasteiger partial charge in [0.15, 0.2) is 0 Å². The summed E-state index contributed by atoms with van der Waals surface area (Å²) in [7, 11) is 0. The molecule has 0 bridgehead atoms. The number of anilines is 2. The van der Waals surface area contributed by atoms with Gasteiger partial charge in [-0.05, 0) is 42.0 Å². The van der Waals surface area contributed by atoms with Gasteiger partial charge in [0.2, 0.25) is 5.95 Å². The zero-order valence-electron chi connectivity index (χ0n) is 13.6. The summed E-state index contributed by atoms with van der Waals surface area (Å²) in [6.07, 6.45) is 1.50. The Morgan fingerprint density at radius 3 is 2.62 bits per heavy atom. The molecule has 0 unspecified atom stereocenters. The van der Waals surface area contributed by atoms with E-state index in [2.05, 4.69) is 26.7 Å². The van der Waals surface area contributed by atoms with E-state index in [0.29, 0.717) is 23.1 Å². The van der Waals surface area contributed by atoms with E-state index < -0.39 is 0 Å². The fourth-order valence-electron chi connectivity index (χ4n) is 2.21. The van der Waals surface area contributed by atoms with Crippen LogP contribution >= 0.6 is 11.6 Å². The van der Waals surface area contributed by atoms with Crippen LogP contribution in [-0.4, -0.2) is 15.9 Å². The van der Waals surface area contributed by atoms with Gasteiger partial charge in [-0.2, -0.15) is 5.26 Å². The van der Waals surface area contributed by atoms with Crippen LogP contribution in [0.4, 0.5) is 11.6 Å². The highest BCUT2D eigenvalue weighted by molar-refractivity contribution is 6.31. The molecule has 2 aromatic carbocycles. The van der Waals surface area contributed by atoms with Crippen LogP contribution in [0.25, 0.3) is 0 Å². The van der Waals surface area contributed by atoms with E-state index >= 15 is 0 Å². The lowest BCUT2D eigenvalue weighted by Gasteiger charge is -2.08. The van der Waals surface area contributed by atoms with Crippen molar-refractivity contribution in [1.82, 2.24) is 15.3 Å². The highest BCUT2D eigenvalue weighted by atomic mass is 35.5. The maximum atomic E-state index is 12.3. The number of halogens is 1. The number of carbonyl (C=O) groups excluding carboxylic acids is 1. The van der Waals surface area contributed by atoms with Gasteiger partial charge in [-0.1, -0.05) is 29.8 Å². The van der Waals surface area contributed by atoms with E-state index in [9.17, 15) is 4.79 Å². The van der Waals surface area contributed by atoms with Gasteiger partial charge in [0, 0.05) is 23.5 Å². The average Bonchev–Trinajstić information content (AvgIpc) is 2.68. The first-order chi connectivity index (χ1) is 12.7. The van der Waals surface area contributed by atoms with E-state index in [1.165, 1.54) is 12.3 Å². The van der Waals surface area contributed by atoms with Crippen molar-refractivity contribution >= 4 is 29.1 Å². The highest BCUT2D eigenvalue weighted by Gasteiger charge is 2.10. The van der Waals surface area contributed by atoms with Gasteiger partial charge in [0.25, 0.3) is 5.91 Å². The molecule has 128 valence electrons. The van der Waals surface area contributed by atoms with Crippen molar-refractivity contribution in [3.63, 3.8) is 0 Å². The third-order valence-electron chi connectivity index (χ3n) is 3.56. The summed E-state index contributed by atoms with van der Waals surface area (Å²) in [6, 6.07) is 17.7. The number of hydrogen-bond acceptors (Lipinski definition) is 5. The summed E-state index contributed by atoms with van der Waals surface area (Å²) in [5, 5.41) is 15.2. The molecule has 0 fully saturated rings. The fourth-order valence-corrected chi connectivity index (χ4v) is 2.41. The van der Waals surface area contributed by atoms with E-state index in [0.717, 1.165) is 11.3 Å². The molecular formula is C19H14ClN5O. The summed E-state index contributed by atoms with van der Waals surface area (Å²) in [5.74, 6) is -0.0321. The second-order valence-electron chi connectivity index (χ2n) is 5.35. The van der Waals surface area contributed by atoms with Crippen LogP contribution in [0.1, 0.15) is 21.6 Å². The first kappa shape index (κ1) is 17.4. The van der Waals surface area contributed by atoms with Crippen LogP contribution < -0.4 is 10.6 Å². The lowest BCUT2D eigenvalue weighted by Crippen LogP contribution is -2.24. The zero-order valence-corrected chi connectivity index (χ0v) is 14.4. The molecule has 2 N–H and O–H groups in total. The first-order valence-corrected chi connectivity index (χ1v) is 8.15. The molecule has 0 aliphatic rings. The topological polar surface area (TPSA) is 90.7 Å². The molecule has 0 atom stereocenters. The predicted octanol–water partition coefficient (Wildman–Crippen LogP) is 3.68. The van der Waals surface area contributed by atoms with E-state index in [-0.39, 0.29) is 11.6 Å². The Morgan fingerprint density at radius 2 is 1.88 bits per heavy atom. The fraction of sp³-hybridized carbons (Fsp3) is 0.0526. The van der Waals surface area contributed by atoms with Crippen molar-refractivity contribution in [2.45, 2.75) is 6.54 Å². The van der Waals surface area contributed by atoms with E-state index in [4.69, 9.17) is 16.9 Å². The van der Waals surface area contributed by atoms with Crippen LogP contribution in [0.2, 0.25) is 5.02 Å². The van der Waals surface area contributed by atoms with Crippen LogP contribution in [0, 0.1) is 11.3 Å². The van der Waals surface area contributed by atoms with Crippen molar-refractivity contribution in [3.8, 4) is 6.07 Å². The molecule has 26 heavy (non-hydrogen) atoms. The molecule has 3 rings (SSSR count). The highest BCUT2D eigenvalue weighted by Crippen LogP contribution is 2.15. The molecule has 7 heteroatoms. The summed E-state index contributed by atoms with van der Waals surface area (Å²) in [4.78, 5) is 20.6. The second-order valence-corrected chi connectivity index (χ2v) is 5.76. The zero-order chi connectivity index (χ0) is 18.4. The van der Waals surface area contributed by atoms with Gasteiger partial charge in [0.05, 0.1) is 11.6 Å². The third kappa shape index (κ3) is 4.35. The Morgan fingerprint density at radius 1 is 1.12 bits per heavy atom. The molecular weight excluding hydrogens is 350 g/mol. The number of carbonyl (C=O) groups is 1. The predicted molar refractivity (Wildman–Crippen MR) is 99.1 cm³/mol. The molecule has 0 saturated carbocycles. The monoisotopic (exact) mass is 363 g/mol. The largest absolute Gasteiger partial charge is 0.347 e. The normalized spacial score (nSPS) is 10.0. The van der Waals surface area contributed by atoms with Crippen LogP contribution in [-0.2, 0) is 6.54 Å². The third-order valence-corrected chi connectivity index (χ3v) is 3.92. The SMILES string of the molecule is N#Cc1ccc(Nc2nccc(C(=O)NCc3ccccc3Cl)n2)cc1. The molecule has 1 aromatic heterocycles. The lowest BCUT2D eigenvalue weighted by atomic mass is 10.2. The van der Waals surface area contributed by atoms with Gasteiger partial charge in [-0.15, -0.1) is 0 Å². The standard InChI is InChI=1S/C19H14ClN5O/c20-16-4-2-1-3-14(16)12-23-18(26)17-9-10-22-19(25-17)24-15-7-5-13(11-21)6-8-15/h1-10H,12H2,(H,23,26)(H,22,24,25). The number of rotatable bonds is 5. The van der Waals surface area contributed by atoms with Crippen LogP contribution in [0.15, 0.2) is 60.8 Å². The Balaban J connectivity index is 1.67. The van der Waals surface area contributed by atoms with Crippen molar-refractivity contribution < 1.29 is 4.79 Å². The molecule has 0 spiro atoms. The number of nitriles is 1. The van der Waals surface area contributed by atoms with Crippen LogP contribution in [0.5, 0.6) is 0 Å². The molecule has 0 aliphatic carbocycles. The minimum atomic E-state index is -0.324. The number of benzene rings is 2. The van der Waals surface area contributed by atoms with Crippen molar-refractivity contribution in [1.29, 1.82) is 5.26 Å². The van der Waals surface area contributed by atoms with Crippen molar-refractivity contribution in [2.75, 3.05) is 5.32 Å². The van der Waals surface area contributed by atoms with E-state index in [1.807, 2.05) is 18.2 Å². The van der Waals surface area contributed by atoms with Gasteiger partial charge in [-0.3, -0.25) is 4.79 Å². The molecule has 0 saturated heterocycles. The minimum absolute atomic E-state index is 0.239. The summed E-state index contributed by atoms with van der Waals surface area (Å²) < 4.78 is 0. The number of amides is 1. The molecule has 0 radical (unpaired) electrons. The van der Waals surface area contributed by atoms with E-state index in [1.54, 1.807) is 30.3 Å². The molecule has 1 amide bonds. The molecule has 0 aliphatic heterocycles. The average molecular weight is 364 g/mol. The maximum absolute atomic E-state index is 12.3. The number of nitrogens with one attached hydrogen (secondary N) is 2.